The molecule has 1 aromatic carbocycles. The quantitative estimate of drug-likeness (QED) is 0.700. The summed E-state index contributed by atoms with van der Waals surface area (Å²) < 4.78 is 0. The first kappa shape index (κ1) is 15.1. The van der Waals surface area contributed by atoms with Crippen molar-refractivity contribution in [2.75, 3.05) is 13.1 Å². The minimum absolute atomic E-state index is 0.145. The van der Waals surface area contributed by atoms with Crippen LogP contribution in [0.15, 0.2) is 21.7 Å². The molecule has 7 nitrogen and oxygen atoms in total. The van der Waals surface area contributed by atoms with E-state index in [2.05, 4.69) is 15.9 Å². The molecular weight excluding hydrogens is 298 g/mol. The molecule has 2 aromatic rings. The van der Waals surface area contributed by atoms with Crippen LogP contribution in [0.25, 0.3) is 10.9 Å². The van der Waals surface area contributed by atoms with Gasteiger partial charge in [0.15, 0.2) is 0 Å². The summed E-state index contributed by atoms with van der Waals surface area (Å²) in [5.74, 6) is 1.54. The van der Waals surface area contributed by atoms with Gasteiger partial charge in [-0.15, -0.1) is 6.42 Å². The SMILES string of the molecule is C#CCN(CC(=O)O)C1CCc2cc3[nH]c(=O)[nH]c(=O)c3cc21. The van der Waals surface area contributed by atoms with Crippen LogP contribution in [0.2, 0.25) is 0 Å². The van der Waals surface area contributed by atoms with E-state index in [0.717, 1.165) is 24.0 Å². The topological polar surface area (TPSA) is 106 Å². The predicted molar refractivity (Wildman–Crippen MR) is 84.3 cm³/mol. The molecule has 23 heavy (non-hydrogen) atoms. The number of terminal acetylenes is 1. The number of aromatic nitrogens is 2. The van der Waals surface area contributed by atoms with Crippen LogP contribution < -0.4 is 11.2 Å². The Bertz CT molecular complexity index is 935. The molecule has 0 aliphatic heterocycles. The van der Waals surface area contributed by atoms with Gasteiger partial charge in [0.1, 0.15) is 0 Å². The molecule has 1 unspecified atom stereocenters. The van der Waals surface area contributed by atoms with Crippen LogP contribution >= 0.6 is 0 Å². The standard InChI is InChI=1S/C16H15N3O4/c1-2-5-19(8-14(20)21)13-4-3-9-6-12-11(7-10(9)13)15(22)18-16(23)17-12/h1,6-7,13H,3-5,8H2,(H,20,21)(H2,17,18,22,23). The van der Waals surface area contributed by atoms with Crippen LogP contribution in [0.1, 0.15) is 23.6 Å². The molecule has 0 amide bonds. The Hall–Kier alpha value is -2.85. The molecule has 7 heteroatoms. The van der Waals surface area contributed by atoms with E-state index >= 15 is 0 Å². The highest BCUT2D eigenvalue weighted by molar-refractivity contribution is 5.79. The van der Waals surface area contributed by atoms with Crippen molar-refractivity contribution in [3.05, 3.63) is 44.1 Å². The van der Waals surface area contributed by atoms with Crippen LogP contribution in [0, 0.1) is 12.3 Å². The number of carboxylic acids is 1. The lowest BCUT2D eigenvalue weighted by atomic mass is 10.0. The third kappa shape index (κ3) is 2.76. The van der Waals surface area contributed by atoms with Crippen molar-refractivity contribution in [2.45, 2.75) is 18.9 Å². The van der Waals surface area contributed by atoms with Crippen molar-refractivity contribution in [3.63, 3.8) is 0 Å². The summed E-state index contributed by atoms with van der Waals surface area (Å²) in [6, 6.07) is 3.37. The lowest BCUT2D eigenvalue weighted by Crippen LogP contribution is -2.33. The van der Waals surface area contributed by atoms with Gasteiger partial charge in [-0.25, -0.2) is 4.79 Å². The van der Waals surface area contributed by atoms with Gasteiger partial charge in [-0.3, -0.25) is 19.5 Å². The molecule has 1 aliphatic carbocycles. The highest BCUT2D eigenvalue weighted by Gasteiger charge is 2.29. The number of aliphatic carboxylic acids is 1. The summed E-state index contributed by atoms with van der Waals surface area (Å²) >= 11 is 0. The third-order valence-corrected chi connectivity index (χ3v) is 4.12. The molecule has 1 aliphatic rings. The second kappa shape index (κ2) is 5.74. The van der Waals surface area contributed by atoms with Crippen molar-refractivity contribution < 1.29 is 9.90 Å². The second-order valence-electron chi connectivity index (χ2n) is 5.56. The van der Waals surface area contributed by atoms with Crippen LogP contribution in [0.4, 0.5) is 0 Å². The van der Waals surface area contributed by atoms with E-state index in [0.29, 0.717) is 10.9 Å². The number of carbonyl (C=O) groups is 1. The number of nitrogens with zero attached hydrogens (tertiary/aromatic N) is 1. The van der Waals surface area contributed by atoms with E-state index in [9.17, 15) is 14.4 Å². The van der Waals surface area contributed by atoms with E-state index in [4.69, 9.17) is 11.5 Å². The second-order valence-corrected chi connectivity index (χ2v) is 5.56. The number of aromatic amines is 2. The van der Waals surface area contributed by atoms with Gasteiger partial charge in [-0.05, 0) is 36.1 Å². The molecule has 0 fully saturated rings. The fourth-order valence-corrected chi connectivity index (χ4v) is 3.20. The number of carboxylic acid groups (broad SMARTS) is 1. The molecule has 1 atom stereocenters. The van der Waals surface area contributed by atoms with Gasteiger partial charge in [0.2, 0.25) is 0 Å². The summed E-state index contributed by atoms with van der Waals surface area (Å²) in [6.07, 6.45) is 6.81. The monoisotopic (exact) mass is 313 g/mol. The Morgan fingerprint density at radius 2 is 2.17 bits per heavy atom. The zero-order valence-corrected chi connectivity index (χ0v) is 12.3. The molecule has 3 rings (SSSR count). The summed E-state index contributed by atoms with van der Waals surface area (Å²) in [4.78, 5) is 40.9. The van der Waals surface area contributed by atoms with Crippen LogP contribution in [-0.2, 0) is 11.2 Å². The van der Waals surface area contributed by atoms with E-state index in [1.807, 2.05) is 0 Å². The van der Waals surface area contributed by atoms with E-state index < -0.39 is 17.2 Å². The molecule has 0 saturated carbocycles. The Morgan fingerprint density at radius 1 is 1.39 bits per heavy atom. The molecule has 0 saturated heterocycles. The number of hydrogen-bond acceptors (Lipinski definition) is 4. The molecule has 0 radical (unpaired) electrons. The number of hydrogen-bond donors (Lipinski definition) is 3. The Balaban J connectivity index is 2.10. The molecule has 1 aromatic heterocycles. The minimum atomic E-state index is -0.948. The number of aryl methyl sites for hydroxylation is 1. The van der Waals surface area contributed by atoms with Gasteiger partial charge < -0.3 is 10.1 Å². The van der Waals surface area contributed by atoms with Crippen LogP contribution in [0.5, 0.6) is 0 Å². The number of benzene rings is 1. The van der Waals surface area contributed by atoms with Crippen molar-refractivity contribution in [1.29, 1.82) is 0 Å². The van der Waals surface area contributed by atoms with Crippen molar-refractivity contribution >= 4 is 16.9 Å². The Morgan fingerprint density at radius 3 is 2.87 bits per heavy atom. The maximum Gasteiger partial charge on any atom is 0.326 e. The highest BCUT2D eigenvalue weighted by Crippen LogP contribution is 2.36. The molecule has 0 bridgehead atoms. The van der Waals surface area contributed by atoms with Gasteiger partial charge in [0, 0.05) is 6.04 Å². The largest absolute Gasteiger partial charge is 0.480 e. The van der Waals surface area contributed by atoms with Crippen molar-refractivity contribution in [2.24, 2.45) is 0 Å². The van der Waals surface area contributed by atoms with Gasteiger partial charge in [0.25, 0.3) is 5.56 Å². The molecule has 118 valence electrons. The van der Waals surface area contributed by atoms with Crippen molar-refractivity contribution in [3.8, 4) is 12.3 Å². The first-order valence-electron chi connectivity index (χ1n) is 7.18. The molecular formula is C16H15N3O4. The lowest BCUT2D eigenvalue weighted by molar-refractivity contribution is -0.138. The Kier molecular flexibility index (Phi) is 3.76. The van der Waals surface area contributed by atoms with Crippen molar-refractivity contribution in [1.82, 2.24) is 14.9 Å². The number of fused-ring (bicyclic) bond motifs is 2. The first-order chi connectivity index (χ1) is 11.0. The third-order valence-electron chi connectivity index (χ3n) is 4.12. The first-order valence-corrected chi connectivity index (χ1v) is 7.18. The van der Waals surface area contributed by atoms with Crippen LogP contribution in [0.3, 0.4) is 0 Å². The molecule has 3 N–H and O–H groups in total. The maximum atomic E-state index is 12.0. The number of H-pyrrole nitrogens is 2. The maximum absolute atomic E-state index is 12.0. The fourth-order valence-electron chi connectivity index (χ4n) is 3.20. The van der Waals surface area contributed by atoms with E-state index in [1.165, 1.54) is 0 Å². The van der Waals surface area contributed by atoms with Gasteiger partial charge in [-0.2, -0.15) is 0 Å². The van der Waals surface area contributed by atoms with Gasteiger partial charge >= 0.3 is 11.7 Å². The Labute approximate surface area is 131 Å². The normalized spacial score (nSPS) is 16.4. The number of nitrogens with one attached hydrogen (secondary N) is 2. The highest BCUT2D eigenvalue weighted by atomic mass is 16.4. The van der Waals surface area contributed by atoms with Gasteiger partial charge in [0.05, 0.1) is 24.0 Å². The van der Waals surface area contributed by atoms with Crippen LogP contribution in [-0.4, -0.2) is 39.0 Å². The number of rotatable bonds is 4. The minimum Gasteiger partial charge on any atom is -0.480 e. The summed E-state index contributed by atoms with van der Waals surface area (Å²) in [5.41, 5.74) is 1.37. The van der Waals surface area contributed by atoms with Gasteiger partial charge in [-0.1, -0.05) is 5.92 Å². The lowest BCUT2D eigenvalue weighted by Gasteiger charge is -2.26. The predicted octanol–water partition coefficient (Wildman–Crippen LogP) is 0.224. The summed E-state index contributed by atoms with van der Waals surface area (Å²) in [5, 5.41) is 9.44. The molecule has 1 heterocycles. The molecule has 0 spiro atoms. The van der Waals surface area contributed by atoms with E-state index in [-0.39, 0.29) is 19.1 Å². The average molecular weight is 313 g/mol. The average Bonchev–Trinajstić information content (AvgIpc) is 2.87. The zero-order chi connectivity index (χ0) is 16.6. The van der Waals surface area contributed by atoms with E-state index in [1.54, 1.807) is 17.0 Å². The smallest absolute Gasteiger partial charge is 0.326 e. The zero-order valence-electron chi connectivity index (χ0n) is 12.3. The summed E-state index contributed by atoms with van der Waals surface area (Å²) in [6.45, 7) is 0.0603. The summed E-state index contributed by atoms with van der Waals surface area (Å²) in [7, 11) is 0. The fraction of sp³-hybridized carbons (Fsp3) is 0.312.